The molecule has 0 aliphatic heterocycles. The number of hydrogen-bond acceptors (Lipinski definition) is 8. The molecule has 0 radical (unpaired) electrons. The number of nitrogens with two attached hydrogens (primary N) is 1. The van der Waals surface area contributed by atoms with Crippen LogP contribution < -0.4 is 69.2 Å². The number of ether oxygens (including phenoxy) is 1. The van der Waals surface area contributed by atoms with Crippen molar-refractivity contribution < 1.29 is 71.4 Å². The Morgan fingerprint density at radius 1 is 1.12 bits per heavy atom. The second kappa shape index (κ2) is 16.4. The van der Waals surface area contributed by atoms with Crippen LogP contribution in [0.4, 0.5) is 4.79 Å². The van der Waals surface area contributed by atoms with E-state index < -0.39 is 50.4 Å². The standard InChI is InChI=1S/C18H29N4O7P.2Li/c1-12(2)8-14(16(23)21-15(9-19)17(24)25)22-30(27,28)11-20-18(26)29-10-13-6-4-3-5-7-13;;/h3-7,12,14-15H,8-11,19H2,1-2H3,(H,20,26)(H,21,23)(H,24,25)(H2,22,27,28);;/q;2*+1/p-2/t14-,15-;;/m0../s1. The molecular weight excluding hydrogens is 429 g/mol. The molecule has 11 nitrogen and oxygen atoms in total. The van der Waals surface area contributed by atoms with Crippen molar-refractivity contribution >= 4 is 25.5 Å². The Morgan fingerprint density at radius 2 is 1.72 bits per heavy atom. The minimum atomic E-state index is -4.45. The first kappa shape index (κ1) is 32.9. The molecule has 1 aromatic rings. The fourth-order valence-electron chi connectivity index (χ4n) is 2.40. The van der Waals surface area contributed by atoms with Crippen LogP contribution in [0, 0.1) is 5.92 Å². The van der Waals surface area contributed by atoms with Crippen molar-refractivity contribution in [3.8, 4) is 0 Å². The molecule has 0 saturated carbocycles. The van der Waals surface area contributed by atoms with Gasteiger partial charge in [0.05, 0.1) is 31.9 Å². The first-order valence-electron chi connectivity index (χ1n) is 9.27. The zero-order valence-corrected chi connectivity index (χ0v) is 19.7. The number of benzene rings is 1. The number of carbonyl (C=O) groups excluding carboxylic acids is 3. The molecular formula is C18H27Li2N4O7P. The van der Waals surface area contributed by atoms with Crippen LogP contribution in [-0.2, 0) is 25.5 Å². The maximum absolute atomic E-state index is 12.3. The van der Waals surface area contributed by atoms with E-state index in [-0.39, 0.29) is 56.7 Å². The van der Waals surface area contributed by atoms with Crippen molar-refractivity contribution in [3.05, 3.63) is 35.9 Å². The molecule has 0 spiro atoms. The Bertz CT molecular complexity index is 771. The van der Waals surface area contributed by atoms with Gasteiger partial charge in [0.15, 0.2) is 0 Å². The van der Waals surface area contributed by atoms with Gasteiger partial charge in [0.25, 0.3) is 0 Å². The predicted octanol–water partition coefficient (Wildman–Crippen LogP) is -7.37. The third-order valence-electron chi connectivity index (χ3n) is 3.86. The molecule has 0 aromatic heterocycles. The fraction of sp³-hybridized carbons (Fsp3) is 0.500. The van der Waals surface area contributed by atoms with Crippen LogP contribution in [0.25, 0.3) is 0 Å². The smallest absolute Gasteiger partial charge is 0.787 e. The van der Waals surface area contributed by atoms with Crippen LogP contribution in [0.3, 0.4) is 0 Å². The molecule has 32 heavy (non-hydrogen) atoms. The van der Waals surface area contributed by atoms with E-state index in [2.05, 4.69) is 15.7 Å². The minimum absolute atomic E-state index is 0. The van der Waals surface area contributed by atoms with Gasteiger partial charge in [-0.25, -0.2) is 4.79 Å². The second-order valence-corrected chi connectivity index (χ2v) is 8.92. The van der Waals surface area contributed by atoms with E-state index in [1.54, 1.807) is 44.2 Å². The van der Waals surface area contributed by atoms with Gasteiger partial charge < -0.3 is 40.5 Å². The van der Waals surface area contributed by atoms with Gasteiger partial charge in [0.2, 0.25) is 5.91 Å². The van der Waals surface area contributed by atoms with Crippen LogP contribution >= 0.6 is 7.52 Å². The first-order valence-corrected chi connectivity index (χ1v) is 11.1. The van der Waals surface area contributed by atoms with E-state index in [1.165, 1.54) is 0 Å². The SMILES string of the molecule is CC(C)C[C@H](NP(=O)([O-])CNC(=O)OCc1ccccc1)C(=O)N[C@@H](CN)C(=O)[O-].[Li+].[Li+]. The van der Waals surface area contributed by atoms with Crippen LogP contribution in [-0.4, -0.2) is 42.9 Å². The zero-order valence-electron chi connectivity index (χ0n) is 18.8. The Hall–Kier alpha value is -1.27. The maximum Gasteiger partial charge on any atom is 1.00 e. The number of aliphatic carboxylic acids is 1. The van der Waals surface area contributed by atoms with Crippen LogP contribution in [0.5, 0.6) is 0 Å². The predicted molar refractivity (Wildman–Crippen MR) is 105 cm³/mol. The Labute approximate surface area is 211 Å². The summed E-state index contributed by atoms with van der Waals surface area (Å²) in [6, 6.07) is 6.11. The first-order chi connectivity index (χ1) is 14.0. The average molecular weight is 456 g/mol. The van der Waals surface area contributed by atoms with E-state index in [9.17, 15) is 28.9 Å². The molecule has 0 heterocycles. The Balaban J connectivity index is 0. The fourth-order valence-corrected chi connectivity index (χ4v) is 3.53. The van der Waals surface area contributed by atoms with E-state index in [0.717, 1.165) is 5.56 Å². The topological polar surface area (TPSA) is 186 Å². The third-order valence-corrected chi connectivity index (χ3v) is 5.14. The number of carboxylic acid groups (broad SMARTS) is 1. The van der Waals surface area contributed by atoms with Crippen molar-refractivity contribution in [1.82, 2.24) is 15.7 Å². The summed E-state index contributed by atoms with van der Waals surface area (Å²) in [6.45, 7) is 3.07. The summed E-state index contributed by atoms with van der Waals surface area (Å²) in [7, 11) is -4.45. The van der Waals surface area contributed by atoms with Gasteiger partial charge in [-0.1, -0.05) is 44.2 Å². The Morgan fingerprint density at radius 3 is 2.22 bits per heavy atom. The maximum atomic E-state index is 12.3. The molecule has 0 fully saturated rings. The average Bonchev–Trinajstić information content (AvgIpc) is 2.68. The summed E-state index contributed by atoms with van der Waals surface area (Å²) in [5.74, 6) is -2.52. The molecule has 0 bridgehead atoms. The summed E-state index contributed by atoms with van der Waals surface area (Å²) < 4.78 is 17.2. The van der Waals surface area contributed by atoms with Crippen molar-refractivity contribution in [3.63, 3.8) is 0 Å². The van der Waals surface area contributed by atoms with Gasteiger partial charge in [0, 0.05) is 6.54 Å². The summed E-state index contributed by atoms with van der Waals surface area (Å²) >= 11 is 0. The molecule has 1 unspecified atom stereocenters. The molecule has 0 aliphatic rings. The van der Waals surface area contributed by atoms with E-state index in [4.69, 9.17) is 10.5 Å². The van der Waals surface area contributed by atoms with Crippen LogP contribution in [0.15, 0.2) is 30.3 Å². The molecule has 0 saturated heterocycles. The van der Waals surface area contributed by atoms with Gasteiger partial charge in [-0.2, -0.15) is 0 Å². The van der Waals surface area contributed by atoms with Gasteiger partial charge >= 0.3 is 43.8 Å². The van der Waals surface area contributed by atoms with Gasteiger partial charge in [-0.15, -0.1) is 0 Å². The molecule has 0 aliphatic carbocycles. The van der Waals surface area contributed by atoms with Crippen LogP contribution in [0.1, 0.15) is 25.8 Å². The normalized spacial score (nSPS) is 14.0. The van der Waals surface area contributed by atoms with Crippen molar-refractivity contribution in [1.29, 1.82) is 0 Å². The largest absolute Gasteiger partial charge is 1.00 e. The van der Waals surface area contributed by atoms with Gasteiger partial charge in [-0.05, 0) is 17.9 Å². The molecule has 168 valence electrons. The monoisotopic (exact) mass is 456 g/mol. The molecule has 14 heteroatoms. The van der Waals surface area contributed by atoms with Crippen molar-refractivity contribution in [2.75, 3.05) is 12.8 Å². The summed E-state index contributed by atoms with van der Waals surface area (Å²) in [5.41, 5.74) is 6.00. The number of nitrogens with one attached hydrogen (secondary N) is 3. The molecule has 3 atom stereocenters. The third kappa shape index (κ3) is 13.3. The van der Waals surface area contributed by atoms with E-state index >= 15 is 0 Å². The molecule has 2 amide bonds. The molecule has 5 N–H and O–H groups in total. The van der Waals surface area contributed by atoms with Crippen LogP contribution in [0.2, 0.25) is 0 Å². The number of hydrogen-bond donors (Lipinski definition) is 4. The summed E-state index contributed by atoms with van der Waals surface area (Å²) in [5, 5.41) is 17.4. The minimum Gasteiger partial charge on any atom is -0.787 e. The quantitative estimate of drug-likeness (QED) is 0.175. The molecule has 1 rings (SSSR count). The van der Waals surface area contributed by atoms with Gasteiger partial charge in [-0.3, -0.25) is 9.88 Å². The second-order valence-electron chi connectivity index (χ2n) is 7.00. The number of carboxylic acids is 1. The number of amides is 2. The number of alkyl carbamates (subject to hydrolysis) is 1. The Kier molecular flexibility index (Phi) is 16.8. The van der Waals surface area contributed by atoms with Crippen molar-refractivity contribution in [2.45, 2.75) is 39.0 Å². The summed E-state index contributed by atoms with van der Waals surface area (Å²) in [4.78, 5) is 47.3. The number of carbonyl (C=O) groups is 3. The van der Waals surface area contributed by atoms with E-state index in [0.29, 0.717) is 0 Å². The zero-order chi connectivity index (χ0) is 22.7. The van der Waals surface area contributed by atoms with E-state index in [1.807, 2.05) is 0 Å². The summed E-state index contributed by atoms with van der Waals surface area (Å²) in [6.07, 6.45) is -1.65. The van der Waals surface area contributed by atoms with Gasteiger partial charge in [0.1, 0.15) is 6.61 Å². The van der Waals surface area contributed by atoms with Crippen molar-refractivity contribution in [2.24, 2.45) is 11.7 Å². The molecule has 1 aromatic carbocycles. The number of rotatable bonds is 12.